The molecule has 128 valence electrons. The largest absolute Gasteiger partial charge is 0.375 e. The van der Waals surface area contributed by atoms with Crippen molar-refractivity contribution in [3.63, 3.8) is 0 Å². The van der Waals surface area contributed by atoms with Gasteiger partial charge in [0.15, 0.2) is 0 Å². The molecule has 2 aromatic rings. The third-order valence-electron chi connectivity index (χ3n) is 4.28. The van der Waals surface area contributed by atoms with Crippen LogP contribution in [-0.2, 0) is 4.74 Å². The Bertz CT molecular complexity index is 698. The Kier molecular flexibility index (Phi) is 5.27. The van der Waals surface area contributed by atoms with Crippen LogP contribution in [0.1, 0.15) is 22.3 Å². The van der Waals surface area contributed by atoms with E-state index in [4.69, 9.17) is 4.74 Å². The smallest absolute Gasteiger partial charge is 0.255 e. The SMILES string of the molecule is Cc1cccc(-c2[nH]ncc2C(=O)NCCC2CN(C)CCO2)c1. The van der Waals surface area contributed by atoms with Gasteiger partial charge in [-0.2, -0.15) is 5.10 Å². The van der Waals surface area contributed by atoms with E-state index in [-0.39, 0.29) is 12.0 Å². The van der Waals surface area contributed by atoms with Gasteiger partial charge in [-0.25, -0.2) is 0 Å². The number of carbonyl (C=O) groups is 1. The van der Waals surface area contributed by atoms with Crippen LogP contribution >= 0.6 is 0 Å². The highest BCUT2D eigenvalue weighted by Crippen LogP contribution is 2.21. The maximum absolute atomic E-state index is 12.5. The molecule has 1 aliphatic heterocycles. The molecule has 1 aliphatic rings. The van der Waals surface area contributed by atoms with Gasteiger partial charge in [0.1, 0.15) is 0 Å². The zero-order valence-electron chi connectivity index (χ0n) is 14.2. The van der Waals surface area contributed by atoms with Crippen molar-refractivity contribution < 1.29 is 9.53 Å². The highest BCUT2D eigenvalue weighted by Gasteiger charge is 2.19. The Labute approximate surface area is 142 Å². The third kappa shape index (κ3) is 4.01. The summed E-state index contributed by atoms with van der Waals surface area (Å²) in [5, 5.41) is 9.95. The molecule has 3 rings (SSSR count). The fourth-order valence-corrected chi connectivity index (χ4v) is 2.96. The van der Waals surface area contributed by atoms with Crippen LogP contribution in [0.2, 0.25) is 0 Å². The summed E-state index contributed by atoms with van der Waals surface area (Å²) in [6.07, 6.45) is 2.58. The number of aryl methyl sites for hydroxylation is 1. The molecule has 0 radical (unpaired) electrons. The Balaban J connectivity index is 1.59. The van der Waals surface area contributed by atoms with Crippen molar-refractivity contribution in [2.75, 3.05) is 33.3 Å². The van der Waals surface area contributed by atoms with Crippen LogP contribution in [0.25, 0.3) is 11.3 Å². The van der Waals surface area contributed by atoms with Gasteiger partial charge >= 0.3 is 0 Å². The molecule has 1 amide bonds. The standard InChI is InChI=1S/C18H24N4O2/c1-13-4-3-5-14(10-13)17-16(11-20-21-17)18(23)19-7-6-15-12-22(2)8-9-24-15/h3-5,10-11,15H,6-9,12H2,1-2H3,(H,19,23)(H,20,21). The van der Waals surface area contributed by atoms with E-state index in [1.54, 1.807) is 6.20 Å². The zero-order chi connectivity index (χ0) is 16.9. The lowest BCUT2D eigenvalue weighted by Crippen LogP contribution is -2.41. The monoisotopic (exact) mass is 328 g/mol. The molecular weight excluding hydrogens is 304 g/mol. The maximum atomic E-state index is 12.5. The van der Waals surface area contributed by atoms with Crippen molar-refractivity contribution in [2.45, 2.75) is 19.4 Å². The van der Waals surface area contributed by atoms with Gasteiger partial charge in [0, 0.05) is 25.2 Å². The molecule has 2 N–H and O–H groups in total. The number of carbonyl (C=O) groups excluding carboxylic acids is 1. The number of H-pyrrole nitrogens is 1. The second-order valence-corrected chi connectivity index (χ2v) is 6.33. The number of likely N-dealkylation sites (N-methyl/N-ethyl adjacent to an activating group) is 1. The minimum Gasteiger partial charge on any atom is -0.375 e. The van der Waals surface area contributed by atoms with Crippen LogP contribution in [0.5, 0.6) is 0 Å². The fraction of sp³-hybridized carbons (Fsp3) is 0.444. The molecule has 0 spiro atoms. The van der Waals surface area contributed by atoms with Crippen molar-refractivity contribution in [1.82, 2.24) is 20.4 Å². The van der Waals surface area contributed by atoms with Crippen molar-refractivity contribution >= 4 is 5.91 Å². The molecule has 1 atom stereocenters. The zero-order valence-corrected chi connectivity index (χ0v) is 14.2. The van der Waals surface area contributed by atoms with E-state index in [2.05, 4.69) is 27.5 Å². The lowest BCUT2D eigenvalue weighted by molar-refractivity contribution is -0.0225. The third-order valence-corrected chi connectivity index (χ3v) is 4.28. The van der Waals surface area contributed by atoms with E-state index in [0.29, 0.717) is 12.1 Å². The quantitative estimate of drug-likeness (QED) is 0.878. The van der Waals surface area contributed by atoms with E-state index in [9.17, 15) is 4.79 Å². The van der Waals surface area contributed by atoms with Crippen molar-refractivity contribution in [2.24, 2.45) is 0 Å². The lowest BCUT2D eigenvalue weighted by atomic mass is 10.1. The van der Waals surface area contributed by atoms with E-state index >= 15 is 0 Å². The number of amides is 1. The van der Waals surface area contributed by atoms with E-state index < -0.39 is 0 Å². The summed E-state index contributed by atoms with van der Waals surface area (Å²) < 4.78 is 5.72. The maximum Gasteiger partial charge on any atom is 0.255 e. The van der Waals surface area contributed by atoms with Gasteiger partial charge in [-0.3, -0.25) is 9.89 Å². The van der Waals surface area contributed by atoms with Crippen molar-refractivity contribution in [3.05, 3.63) is 41.6 Å². The number of rotatable bonds is 5. The summed E-state index contributed by atoms with van der Waals surface area (Å²) in [6, 6.07) is 8.02. The first-order valence-electron chi connectivity index (χ1n) is 8.32. The van der Waals surface area contributed by atoms with Gasteiger partial charge in [0.05, 0.1) is 30.2 Å². The first-order valence-corrected chi connectivity index (χ1v) is 8.32. The Morgan fingerprint density at radius 3 is 3.17 bits per heavy atom. The van der Waals surface area contributed by atoms with E-state index in [1.807, 2.05) is 31.2 Å². The average Bonchev–Trinajstić information content (AvgIpc) is 3.04. The van der Waals surface area contributed by atoms with Gasteiger partial charge in [-0.15, -0.1) is 0 Å². The number of hydrogen-bond donors (Lipinski definition) is 2. The molecule has 2 heterocycles. The summed E-state index contributed by atoms with van der Waals surface area (Å²) in [7, 11) is 2.09. The molecule has 1 saturated heterocycles. The molecule has 24 heavy (non-hydrogen) atoms. The van der Waals surface area contributed by atoms with E-state index in [0.717, 1.165) is 42.9 Å². The summed E-state index contributed by atoms with van der Waals surface area (Å²) in [4.78, 5) is 14.7. The highest BCUT2D eigenvalue weighted by atomic mass is 16.5. The van der Waals surface area contributed by atoms with Crippen LogP contribution in [0.3, 0.4) is 0 Å². The lowest BCUT2D eigenvalue weighted by Gasteiger charge is -2.30. The Morgan fingerprint density at radius 1 is 1.50 bits per heavy atom. The number of aromatic amines is 1. The summed E-state index contributed by atoms with van der Waals surface area (Å²) in [5.74, 6) is -0.107. The van der Waals surface area contributed by atoms with Gasteiger partial charge in [0.2, 0.25) is 0 Å². The van der Waals surface area contributed by atoms with Crippen LogP contribution in [0.15, 0.2) is 30.5 Å². The van der Waals surface area contributed by atoms with Gasteiger partial charge < -0.3 is 15.0 Å². The van der Waals surface area contributed by atoms with E-state index in [1.165, 1.54) is 0 Å². The molecule has 1 unspecified atom stereocenters. The normalized spacial score (nSPS) is 18.5. The van der Waals surface area contributed by atoms with Crippen LogP contribution < -0.4 is 5.32 Å². The minimum absolute atomic E-state index is 0.107. The number of nitrogens with zero attached hydrogens (tertiary/aromatic N) is 2. The number of nitrogens with one attached hydrogen (secondary N) is 2. The molecule has 0 saturated carbocycles. The minimum atomic E-state index is -0.107. The topological polar surface area (TPSA) is 70.2 Å². The van der Waals surface area contributed by atoms with Crippen LogP contribution in [0, 0.1) is 6.92 Å². The average molecular weight is 328 g/mol. The predicted molar refractivity (Wildman–Crippen MR) is 92.9 cm³/mol. The molecule has 1 aromatic carbocycles. The Hall–Kier alpha value is -2.18. The van der Waals surface area contributed by atoms with Crippen molar-refractivity contribution in [3.8, 4) is 11.3 Å². The van der Waals surface area contributed by atoms with Gasteiger partial charge in [-0.1, -0.05) is 23.8 Å². The van der Waals surface area contributed by atoms with Crippen molar-refractivity contribution in [1.29, 1.82) is 0 Å². The highest BCUT2D eigenvalue weighted by molar-refractivity contribution is 5.99. The van der Waals surface area contributed by atoms with Crippen LogP contribution in [0.4, 0.5) is 0 Å². The molecule has 0 bridgehead atoms. The summed E-state index contributed by atoms with van der Waals surface area (Å²) in [6.45, 7) is 5.26. The summed E-state index contributed by atoms with van der Waals surface area (Å²) in [5.41, 5.74) is 3.44. The fourth-order valence-electron chi connectivity index (χ4n) is 2.96. The first-order chi connectivity index (χ1) is 11.6. The number of aromatic nitrogens is 2. The molecule has 1 aromatic heterocycles. The Morgan fingerprint density at radius 2 is 2.38 bits per heavy atom. The second kappa shape index (κ2) is 7.59. The molecular formula is C18H24N4O2. The molecule has 6 nitrogen and oxygen atoms in total. The van der Waals surface area contributed by atoms with Crippen LogP contribution in [-0.4, -0.2) is 60.4 Å². The number of hydrogen-bond acceptors (Lipinski definition) is 4. The predicted octanol–water partition coefficient (Wildman–Crippen LogP) is 1.84. The van der Waals surface area contributed by atoms with Gasteiger partial charge in [0.25, 0.3) is 5.91 Å². The van der Waals surface area contributed by atoms with Gasteiger partial charge in [-0.05, 0) is 26.5 Å². The molecule has 1 fully saturated rings. The first kappa shape index (κ1) is 16.7. The second-order valence-electron chi connectivity index (χ2n) is 6.33. The molecule has 0 aliphatic carbocycles. The molecule has 6 heteroatoms. The number of ether oxygens (including phenoxy) is 1. The number of morpholine rings is 1. The number of benzene rings is 1. The summed E-state index contributed by atoms with van der Waals surface area (Å²) >= 11 is 0.